The first-order valence-corrected chi connectivity index (χ1v) is 20.0. The molecule has 16 heteroatoms. The average molecular weight is 806 g/mol. The molecule has 5 aromatic rings. The number of imidazole rings is 2. The van der Waals surface area contributed by atoms with Gasteiger partial charge in [-0.3, -0.25) is 9.59 Å². The number of amides is 4. The van der Waals surface area contributed by atoms with E-state index >= 15 is 0 Å². The zero-order chi connectivity index (χ0) is 42.0. The monoisotopic (exact) mass is 805 g/mol. The number of nitrogens with one attached hydrogen (secondary N) is 4. The first kappa shape index (κ1) is 39.5. The number of likely N-dealkylation sites (tertiary alicyclic amines) is 2. The van der Waals surface area contributed by atoms with Crippen molar-refractivity contribution in [2.45, 2.75) is 91.4 Å². The summed E-state index contributed by atoms with van der Waals surface area (Å²) in [6, 6.07) is 9.77. The van der Waals surface area contributed by atoms with Crippen LogP contribution in [0, 0.1) is 10.8 Å². The SMILES string of the molecule is COC(=O)N[C@H](C(=O)N1CCC[C@H]1c1ncc(-c2ccc3c4c2ccn4-c2ccc(-c4cnc([C@@H]5CCCN5C(=O)[C@@H](NC(=O)O)C(C)(C)C)[nH]4)cc2O3)[nH]1)C(C)(C)C. The van der Waals surface area contributed by atoms with Gasteiger partial charge >= 0.3 is 12.2 Å². The number of rotatable bonds is 8. The van der Waals surface area contributed by atoms with E-state index in [-0.39, 0.29) is 23.9 Å². The van der Waals surface area contributed by atoms with Crippen molar-refractivity contribution in [3.05, 3.63) is 66.6 Å². The molecule has 3 aliphatic heterocycles. The lowest BCUT2D eigenvalue weighted by Crippen LogP contribution is -2.54. The van der Waals surface area contributed by atoms with Crippen molar-refractivity contribution < 1.29 is 33.8 Å². The first-order chi connectivity index (χ1) is 28.0. The third-order valence-corrected chi connectivity index (χ3v) is 11.7. The molecular formula is C43H51N9O7. The normalized spacial score (nSPS) is 18.6. The first-order valence-electron chi connectivity index (χ1n) is 20.0. The lowest BCUT2D eigenvalue weighted by molar-refractivity contribution is -0.137. The lowest BCUT2D eigenvalue weighted by atomic mass is 9.85. The second-order valence-electron chi connectivity index (χ2n) is 17.8. The van der Waals surface area contributed by atoms with Crippen LogP contribution in [0.15, 0.2) is 55.0 Å². The number of nitrogens with zero attached hydrogens (tertiary/aromatic N) is 5. The van der Waals surface area contributed by atoms with Crippen molar-refractivity contribution in [3.8, 4) is 39.7 Å². The maximum atomic E-state index is 13.9. The van der Waals surface area contributed by atoms with Crippen molar-refractivity contribution in [2.75, 3.05) is 20.2 Å². The average Bonchev–Trinajstić information content (AvgIpc) is 4.04. The Morgan fingerprint density at radius 2 is 1.41 bits per heavy atom. The van der Waals surface area contributed by atoms with E-state index in [2.05, 4.69) is 31.2 Å². The van der Waals surface area contributed by atoms with E-state index in [0.717, 1.165) is 58.4 Å². The van der Waals surface area contributed by atoms with E-state index < -0.39 is 35.1 Å². The molecule has 310 valence electrons. The number of methoxy groups -OCH3 is 1. The Hall–Kier alpha value is -6.32. The predicted octanol–water partition coefficient (Wildman–Crippen LogP) is 7.30. The van der Waals surface area contributed by atoms with Crippen molar-refractivity contribution in [3.63, 3.8) is 0 Å². The molecule has 3 aromatic heterocycles. The number of ether oxygens (including phenoxy) is 2. The molecule has 8 rings (SSSR count). The van der Waals surface area contributed by atoms with Crippen molar-refractivity contribution in [1.82, 2.24) is 44.9 Å². The van der Waals surface area contributed by atoms with Crippen LogP contribution in [0.5, 0.6) is 11.5 Å². The van der Waals surface area contributed by atoms with E-state index in [1.54, 1.807) is 22.2 Å². The molecule has 2 aromatic carbocycles. The highest BCUT2D eigenvalue weighted by Crippen LogP contribution is 2.45. The molecule has 59 heavy (non-hydrogen) atoms. The number of hydrogen-bond acceptors (Lipinski definition) is 8. The Bertz CT molecular complexity index is 2450. The number of benzene rings is 2. The lowest BCUT2D eigenvalue weighted by Gasteiger charge is -2.35. The summed E-state index contributed by atoms with van der Waals surface area (Å²) in [6.45, 7) is 12.4. The quantitative estimate of drug-likeness (QED) is 0.105. The number of fused-ring (bicyclic) bond motifs is 2. The van der Waals surface area contributed by atoms with Crippen molar-refractivity contribution >= 4 is 34.9 Å². The summed E-state index contributed by atoms with van der Waals surface area (Å²) < 4.78 is 13.5. The van der Waals surface area contributed by atoms with Crippen LogP contribution >= 0.6 is 0 Å². The molecule has 6 heterocycles. The fourth-order valence-corrected chi connectivity index (χ4v) is 8.68. The number of alkyl carbamates (subject to hydrolysis) is 1. The highest BCUT2D eigenvalue weighted by atomic mass is 16.5. The summed E-state index contributed by atoms with van der Waals surface area (Å²) in [6.07, 6.45) is 6.77. The molecule has 4 atom stereocenters. The van der Waals surface area contributed by atoms with E-state index in [0.29, 0.717) is 42.7 Å². The molecule has 5 N–H and O–H groups in total. The number of aromatic nitrogens is 5. The van der Waals surface area contributed by atoms with Crippen LogP contribution in [0.1, 0.15) is 91.0 Å². The molecule has 4 amide bonds. The Kier molecular flexibility index (Phi) is 9.91. The summed E-state index contributed by atoms with van der Waals surface area (Å²) >= 11 is 0. The minimum atomic E-state index is -1.23. The maximum absolute atomic E-state index is 13.9. The fraction of sp³-hybridized carbons (Fsp3) is 0.442. The van der Waals surface area contributed by atoms with Gasteiger partial charge in [0.25, 0.3) is 0 Å². The Morgan fingerprint density at radius 1 is 0.814 bits per heavy atom. The van der Waals surface area contributed by atoms with E-state index in [1.165, 1.54) is 7.11 Å². The van der Waals surface area contributed by atoms with Crippen LogP contribution in [0.2, 0.25) is 0 Å². The van der Waals surface area contributed by atoms with Gasteiger partial charge in [-0.05, 0) is 66.8 Å². The third kappa shape index (κ3) is 7.25. The highest BCUT2D eigenvalue weighted by Gasteiger charge is 2.43. The molecule has 0 spiro atoms. The molecule has 0 radical (unpaired) electrons. The summed E-state index contributed by atoms with van der Waals surface area (Å²) in [5.74, 6) is 2.28. The van der Waals surface area contributed by atoms with Crippen LogP contribution in [-0.2, 0) is 14.3 Å². The Balaban J connectivity index is 1.02. The smallest absolute Gasteiger partial charge is 0.407 e. The second kappa shape index (κ2) is 14.8. The van der Waals surface area contributed by atoms with Crippen LogP contribution in [0.3, 0.4) is 0 Å². The summed E-state index contributed by atoms with van der Waals surface area (Å²) in [5, 5.41) is 15.6. The van der Waals surface area contributed by atoms with E-state index in [4.69, 9.17) is 19.4 Å². The standard InChI is InChI=1S/C43H51N9O7/c1-42(2,3)34(48-40(55)56)38(53)51-17-8-10-29(51)36-44-21-26(46-36)23-12-14-28-32(20-23)59-31-15-13-24(25-16-19-50(28)33(25)31)27-22-45-37(47-27)30-11-9-18-52(30)39(54)35(43(4,5)6)49-41(57)58-7/h12-16,19-22,29-30,34-35,48H,8-11,17-18H2,1-7H3,(H,44,46)(H,45,47)(H,49,57)(H,55,56)/t29-,30-,34+,35+/m0/s1. The predicted molar refractivity (Wildman–Crippen MR) is 219 cm³/mol. The van der Waals surface area contributed by atoms with Gasteiger partial charge in [0.05, 0.1) is 54.2 Å². The molecule has 2 fully saturated rings. The molecule has 2 saturated heterocycles. The number of hydrogen-bond donors (Lipinski definition) is 5. The molecule has 16 nitrogen and oxygen atoms in total. The van der Waals surface area contributed by atoms with Gasteiger partial charge in [0.2, 0.25) is 11.8 Å². The van der Waals surface area contributed by atoms with Crippen LogP contribution < -0.4 is 15.4 Å². The zero-order valence-corrected chi connectivity index (χ0v) is 34.4. The van der Waals surface area contributed by atoms with Crippen LogP contribution in [0.25, 0.3) is 39.1 Å². The van der Waals surface area contributed by atoms with Crippen LogP contribution in [0.4, 0.5) is 9.59 Å². The molecule has 0 saturated carbocycles. The largest absolute Gasteiger partial charge is 0.465 e. The van der Waals surface area contributed by atoms with Gasteiger partial charge in [0.15, 0.2) is 11.5 Å². The van der Waals surface area contributed by atoms with Gasteiger partial charge in [-0.25, -0.2) is 19.6 Å². The van der Waals surface area contributed by atoms with Crippen LogP contribution in [-0.4, -0.2) is 95.7 Å². The summed E-state index contributed by atoms with van der Waals surface area (Å²) in [7, 11) is 1.29. The molecule has 0 aliphatic carbocycles. The topological polar surface area (TPSA) is 200 Å². The molecule has 0 bridgehead atoms. The van der Waals surface area contributed by atoms with Gasteiger partial charge in [-0.2, -0.15) is 0 Å². The molecular weight excluding hydrogens is 755 g/mol. The number of aromatic amines is 2. The highest BCUT2D eigenvalue weighted by molar-refractivity contribution is 6.00. The number of carboxylic acid groups (broad SMARTS) is 1. The summed E-state index contributed by atoms with van der Waals surface area (Å²) in [5.41, 5.74) is 4.03. The van der Waals surface area contributed by atoms with Gasteiger partial charge < -0.3 is 49.5 Å². The zero-order valence-electron chi connectivity index (χ0n) is 34.4. The van der Waals surface area contributed by atoms with E-state index in [9.17, 15) is 24.3 Å². The van der Waals surface area contributed by atoms with Gasteiger partial charge in [0, 0.05) is 35.8 Å². The Labute approximate surface area is 341 Å². The van der Waals surface area contributed by atoms with Gasteiger partial charge in [-0.15, -0.1) is 0 Å². The van der Waals surface area contributed by atoms with Gasteiger partial charge in [0.1, 0.15) is 23.7 Å². The second-order valence-corrected chi connectivity index (χ2v) is 17.8. The number of carbonyl (C=O) groups is 4. The fourth-order valence-electron chi connectivity index (χ4n) is 8.68. The van der Waals surface area contributed by atoms with Crippen molar-refractivity contribution in [2.24, 2.45) is 10.8 Å². The van der Waals surface area contributed by atoms with E-state index in [1.807, 2.05) is 78.1 Å². The van der Waals surface area contributed by atoms with Gasteiger partial charge in [-0.1, -0.05) is 47.6 Å². The molecule has 3 aliphatic rings. The number of H-pyrrole nitrogens is 2. The maximum Gasteiger partial charge on any atom is 0.407 e. The minimum Gasteiger partial charge on any atom is -0.465 e. The number of carbonyl (C=O) groups excluding carboxylic acids is 3. The molecule has 0 unspecified atom stereocenters. The third-order valence-electron chi connectivity index (χ3n) is 11.7. The summed E-state index contributed by atoms with van der Waals surface area (Å²) in [4.78, 5) is 71.3. The van der Waals surface area contributed by atoms with Crippen molar-refractivity contribution in [1.29, 1.82) is 0 Å². The Morgan fingerprint density at radius 3 is 2.00 bits per heavy atom. The minimum absolute atomic E-state index is 0.171.